The number of nitrogens with zero attached hydrogens (tertiary/aromatic N) is 5. The fraction of sp³-hybridized carbons (Fsp3) is 0.300. The first-order valence-corrected chi connectivity index (χ1v) is 5.20. The Morgan fingerprint density at radius 2 is 2.41 bits per heavy atom. The number of tetrazole rings is 1. The number of aliphatic carboxylic acids is 1. The Hall–Kier alpha value is -2.31. The molecule has 3 rings (SSSR count). The molecule has 1 aliphatic carbocycles. The summed E-state index contributed by atoms with van der Waals surface area (Å²) in [6, 6.07) is 1.84. The number of carboxylic acid groups (broad SMARTS) is 1. The number of aromatic nitrogens is 5. The van der Waals surface area contributed by atoms with E-state index in [0.29, 0.717) is 12.2 Å². The standard InChI is InChI=1S/C10H9N5O2/c16-10(17)7-2-1-6-3-9(11-4-8(6)7)15-5-12-13-14-15/h3-5,7H,1-2H2,(H,16,17)/t7-/m1/s1. The molecule has 0 aliphatic heterocycles. The van der Waals surface area contributed by atoms with Crippen LogP contribution in [0.3, 0.4) is 0 Å². The largest absolute Gasteiger partial charge is 0.481 e. The molecule has 0 unspecified atom stereocenters. The second-order valence-corrected chi connectivity index (χ2v) is 3.93. The van der Waals surface area contributed by atoms with Crippen LogP contribution in [0.25, 0.3) is 5.82 Å². The summed E-state index contributed by atoms with van der Waals surface area (Å²) in [5.41, 5.74) is 1.81. The molecule has 0 aromatic carbocycles. The van der Waals surface area contributed by atoms with Crippen LogP contribution in [0.15, 0.2) is 18.6 Å². The summed E-state index contributed by atoms with van der Waals surface area (Å²) < 4.78 is 1.45. The maximum Gasteiger partial charge on any atom is 0.311 e. The van der Waals surface area contributed by atoms with E-state index in [1.54, 1.807) is 6.20 Å². The van der Waals surface area contributed by atoms with Gasteiger partial charge >= 0.3 is 5.97 Å². The molecule has 0 spiro atoms. The average Bonchev–Trinajstić information content (AvgIpc) is 2.97. The molecule has 0 fully saturated rings. The SMILES string of the molecule is O=C(O)[C@@H]1CCc2cc(-n3cnnn3)ncc21. The topological polar surface area (TPSA) is 93.8 Å². The lowest BCUT2D eigenvalue weighted by molar-refractivity contribution is -0.138. The van der Waals surface area contributed by atoms with Gasteiger partial charge in [-0.25, -0.2) is 4.98 Å². The lowest BCUT2D eigenvalue weighted by Crippen LogP contribution is -2.08. The van der Waals surface area contributed by atoms with Crippen LogP contribution in [0.5, 0.6) is 0 Å². The molecule has 86 valence electrons. The number of rotatable bonds is 2. The number of pyridine rings is 1. The van der Waals surface area contributed by atoms with Crippen LogP contribution in [0.2, 0.25) is 0 Å². The number of carboxylic acids is 1. The molecule has 2 aromatic rings. The fourth-order valence-electron chi connectivity index (χ4n) is 2.13. The Balaban J connectivity index is 2.02. The van der Waals surface area contributed by atoms with E-state index in [9.17, 15) is 4.79 Å². The van der Waals surface area contributed by atoms with Gasteiger partial charge in [0, 0.05) is 6.20 Å². The highest BCUT2D eigenvalue weighted by atomic mass is 16.4. The third-order valence-electron chi connectivity index (χ3n) is 2.97. The molecule has 1 aliphatic rings. The maximum atomic E-state index is 11.0. The van der Waals surface area contributed by atoms with Crippen LogP contribution in [0.4, 0.5) is 0 Å². The molecule has 0 radical (unpaired) electrons. The van der Waals surface area contributed by atoms with Gasteiger partial charge in [0.1, 0.15) is 6.33 Å². The first kappa shape index (κ1) is 9.88. The molecule has 1 atom stereocenters. The van der Waals surface area contributed by atoms with Gasteiger partial charge in [-0.2, -0.15) is 4.68 Å². The quantitative estimate of drug-likeness (QED) is 0.791. The van der Waals surface area contributed by atoms with E-state index in [-0.39, 0.29) is 0 Å². The van der Waals surface area contributed by atoms with Gasteiger partial charge in [-0.1, -0.05) is 0 Å². The Bertz CT molecular complexity index is 566. The van der Waals surface area contributed by atoms with Crippen LogP contribution in [0, 0.1) is 0 Å². The zero-order chi connectivity index (χ0) is 11.8. The van der Waals surface area contributed by atoms with Crippen molar-refractivity contribution in [2.75, 3.05) is 0 Å². The van der Waals surface area contributed by atoms with Gasteiger partial charge in [0.15, 0.2) is 5.82 Å². The number of hydrogen-bond donors (Lipinski definition) is 1. The zero-order valence-corrected chi connectivity index (χ0v) is 8.82. The summed E-state index contributed by atoms with van der Waals surface area (Å²) >= 11 is 0. The maximum absolute atomic E-state index is 11.0. The first-order valence-electron chi connectivity index (χ1n) is 5.20. The lowest BCUT2D eigenvalue weighted by atomic mass is 10.0. The summed E-state index contributed by atoms with van der Waals surface area (Å²) in [7, 11) is 0. The third kappa shape index (κ3) is 1.55. The summed E-state index contributed by atoms with van der Waals surface area (Å²) in [5.74, 6) is -0.610. The van der Waals surface area contributed by atoms with Crippen molar-refractivity contribution in [1.82, 2.24) is 25.2 Å². The molecule has 0 saturated carbocycles. The van der Waals surface area contributed by atoms with Gasteiger partial charge in [0.2, 0.25) is 0 Å². The number of hydrogen-bond acceptors (Lipinski definition) is 5. The molecule has 0 saturated heterocycles. The minimum absolute atomic E-state index is 0.430. The van der Waals surface area contributed by atoms with E-state index in [2.05, 4.69) is 20.5 Å². The second-order valence-electron chi connectivity index (χ2n) is 3.93. The minimum Gasteiger partial charge on any atom is -0.481 e. The smallest absolute Gasteiger partial charge is 0.311 e. The van der Waals surface area contributed by atoms with Crippen molar-refractivity contribution in [3.05, 3.63) is 29.7 Å². The number of carbonyl (C=O) groups is 1. The normalized spacial score (nSPS) is 18.0. The molecule has 17 heavy (non-hydrogen) atoms. The molecule has 7 nitrogen and oxygen atoms in total. The minimum atomic E-state index is -0.791. The first-order chi connectivity index (χ1) is 8.25. The van der Waals surface area contributed by atoms with E-state index >= 15 is 0 Å². The summed E-state index contributed by atoms with van der Waals surface area (Å²) in [5, 5.41) is 19.9. The number of fused-ring (bicyclic) bond motifs is 1. The Morgan fingerprint density at radius 3 is 3.12 bits per heavy atom. The highest BCUT2D eigenvalue weighted by Gasteiger charge is 2.29. The van der Waals surface area contributed by atoms with E-state index < -0.39 is 11.9 Å². The van der Waals surface area contributed by atoms with E-state index in [1.807, 2.05) is 6.07 Å². The van der Waals surface area contributed by atoms with Gasteiger partial charge in [-0.3, -0.25) is 4.79 Å². The van der Waals surface area contributed by atoms with E-state index in [0.717, 1.165) is 17.5 Å². The lowest BCUT2D eigenvalue weighted by Gasteiger charge is -2.06. The molecular weight excluding hydrogens is 222 g/mol. The molecule has 2 aromatic heterocycles. The summed E-state index contributed by atoms with van der Waals surface area (Å²) in [6.07, 6.45) is 4.45. The van der Waals surface area contributed by atoms with Crippen LogP contribution in [0.1, 0.15) is 23.5 Å². The van der Waals surface area contributed by atoms with Gasteiger partial charge in [-0.05, 0) is 40.5 Å². The van der Waals surface area contributed by atoms with Crippen molar-refractivity contribution in [3.8, 4) is 5.82 Å². The Morgan fingerprint density at radius 1 is 1.53 bits per heavy atom. The Kier molecular flexibility index (Phi) is 2.10. The second kappa shape index (κ2) is 3.62. The number of aryl methyl sites for hydroxylation is 1. The summed E-state index contributed by atoms with van der Waals surface area (Å²) in [4.78, 5) is 15.2. The van der Waals surface area contributed by atoms with Crippen LogP contribution >= 0.6 is 0 Å². The average molecular weight is 231 g/mol. The van der Waals surface area contributed by atoms with E-state index in [1.165, 1.54) is 11.0 Å². The van der Waals surface area contributed by atoms with Gasteiger partial charge in [-0.15, -0.1) is 5.10 Å². The zero-order valence-electron chi connectivity index (χ0n) is 8.82. The molecule has 7 heteroatoms. The van der Waals surface area contributed by atoms with Crippen molar-refractivity contribution < 1.29 is 9.90 Å². The van der Waals surface area contributed by atoms with Gasteiger partial charge in [0.25, 0.3) is 0 Å². The van der Waals surface area contributed by atoms with Crippen molar-refractivity contribution >= 4 is 5.97 Å². The van der Waals surface area contributed by atoms with Gasteiger partial charge < -0.3 is 5.11 Å². The Labute approximate surface area is 96.1 Å². The fourth-order valence-corrected chi connectivity index (χ4v) is 2.13. The molecule has 0 amide bonds. The van der Waals surface area contributed by atoms with Gasteiger partial charge in [0.05, 0.1) is 5.92 Å². The van der Waals surface area contributed by atoms with Crippen molar-refractivity contribution in [2.45, 2.75) is 18.8 Å². The van der Waals surface area contributed by atoms with Crippen molar-refractivity contribution in [2.24, 2.45) is 0 Å². The molecule has 0 bridgehead atoms. The predicted octanol–water partition coefficient (Wildman–Crippen LogP) is 0.172. The third-order valence-corrected chi connectivity index (χ3v) is 2.97. The van der Waals surface area contributed by atoms with Crippen LogP contribution < -0.4 is 0 Å². The van der Waals surface area contributed by atoms with Crippen LogP contribution in [-0.4, -0.2) is 36.3 Å². The van der Waals surface area contributed by atoms with Crippen molar-refractivity contribution in [3.63, 3.8) is 0 Å². The van der Waals surface area contributed by atoms with Crippen molar-refractivity contribution in [1.29, 1.82) is 0 Å². The summed E-state index contributed by atoms with van der Waals surface area (Å²) in [6.45, 7) is 0. The highest BCUT2D eigenvalue weighted by molar-refractivity contribution is 5.77. The molecule has 2 heterocycles. The van der Waals surface area contributed by atoms with Crippen LogP contribution in [-0.2, 0) is 11.2 Å². The molecule has 1 N–H and O–H groups in total. The highest BCUT2D eigenvalue weighted by Crippen LogP contribution is 2.33. The monoisotopic (exact) mass is 231 g/mol. The predicted molar refractivity (Wildman–Crippen MR) is 55.6 cm³/mol. The van der Waals surface area contributed by atoms with E-state index in [4.69, 9.17) is 5.11 Å². The molecular formula is C10H9N5O2.